The minimum absolute atomic E-state index is 0.195. The Bertz CT molecular complexity index is 614. The molecule has 2 aliphatic carbocycles. The van der Waals surface area contributed by atoms with Gasteiger partial charge in [0, 0.05) is 22.4 Å². The molecule has 1 aromatic carbocycles. The van der Waals surface area contributed by atoms with Gasteiger partial charge in [-0.2, -0.15) is 0 Å². The van der Waals surface area contributed by atoms with Crippen LogP contribution in [-0.4, -0.2) is 12.5 Å². The molecular formula is C19H23S+. The number of benzene rings is 1. The number of hydrogen-bond acceptors (Lipinski definition) is 0. The van der Waals surface area contributed by atoms with Crippen molar-refractivity contribution in [1.82, 2.24) is 0 Å². The van der Waals surface area contributed by atoms with Crippen molar-refractivity contribution in [2.75, 3.05) is 12.5 Å². The topological polar surface area (TPSA) is 0 Å². The molecule has 1 unspecified atom stereocenters. The third-order valence-electron chi connectivity index (χ3n) is 4.70. The highest BCUT2D eigenvalue weighted by Gasteiger charge is 2.40. The molecule has 1 aromatic rings. The summed E-state index contributed by atoms with van der Waals surface area (Å²) in [6.45, 7) is 4.80. The zero-order valence-corrected chi connectivity index (χ0v) is 13.6. The van der Waals surface area contributed by atoms with Crippen LogP contribution in [0.3, 0.4) is 0 Å². The molecule has 1 atom stereocenters. The van der Waals surface area contributed by atoms with Crippen molar-refractivity contribution < 1.29 is 0 Å². The van der Waals surface area contributed by atoms with Crippen LogP contribution in [-0.2, 0) is 10.9 Å². The summed E-state index contributed by atoms with van der Waals surface area (Å²) in [7, 11) is 0.317. The number of rotatable bonds is 3. The van der Waals surface area contributed by atoms with E-state index in [9.17, 15) is 0 Å². The van der Waals surface area contributed by atoms with E-state index in [1.54, 1.807) is 10.5 Å². The van der Waals surface area contributed by atoms with Crippen molar-refractivity contribution in [2.45, 2.75) is 26.2 Å². The lowest BCUT2D eigenvalue weighted by atomic mass is 9.70. The summed E-state index contributed by atoms with van der Waals surface area (Å²) in [6.07, 6.45) is 15.1. The maximum atomic E-state index is 2.53. The van der Waals surface area contributed by atoms with Crippen molar-refractivity contribution in [3.63, 3.8) is 0 Å². The molecule has 0 fully saturated rings. The van der Waals surface area contributed by atoms with Crippen molar-refractivity contribution in [2.24, 2.45) is 5.41 Å². The molecule has 0 heterocycles. The van der Waals surface area contributed by atoms with Gasteiger partial charge < -0.3 is 0 Å². The summed E-state index contributed by atoms with van der Waals surface area (Å²) in [5.41, 5.74) is 4.75. The summed E-state index contributed by atoms with van der Waals surface area (Å²) in [5, 5.41) is 0. The minimum atomic E-state index is 0.195. The second kappa shape index (κ2) is 4.96. The molecule has 0 amide bonds. The SMILES string of the molecule is C[S+](C)C1=CC(C(C)(C)C2=CC=CC2)c2ccccc21. The Morgan fingerprint density at radius 3 is 2.55 bits per heavy atom. The smallest absolute Gasteiger partial charge is 0.0804 e. The normalized spacial score (nSPS) is 21.1. The quantitative estimate of drug-likeness (QED) is 0.691. The average molecular weight is 283 g/mol. The molecule has 0 radical (unpaired) electrons. The standard InChI is InChI=1S/C19H23S/c1-19(2,14-9-5-6-10-14)17-13-18(20(3)4)16-12-8-7-11-15(16)17/h5-9,11-13,17H,10H2,1-4H3/q+1. The van der Waals surface area contributed by atoms with E-state index < -0.39 is 0 Å². The van der Waals surface area contributed by atoms with Crippen LogP contribution < -0.4 is 0 Å². The van der Waals surface area contributed by atoms with Gasteiger partial charge in [-0.15, -0.1) is 0 Å². The maximum Gasteiger partial charge on any atom is 0.158 e. The van der Waals surface area contributed by atoms with Crippen LogP contribution in [0, 0.1) is 5.41 Å². The van der Waals surface area contributed by atoms with Gasteiger partial charge >= 0.3 is 0 Å². The number of allylic oxidation sites excluding steroid dienone is 5. The molecular weight excluding hydrogens is 260 g/mol. The van der Waals surface area contributed by atoms with E-state index in [1.807, 2.05) is 0 Å². The van der Waals surface area contributed by atoms with Crippen LogP contribution in [0.4, 0.5) is 0 Å². The predicted octanol–water partition coefficient (Wildman–Crippen LogP) is 4.92. The fourth-order valence-corrected chi connectivity index (χ4v) is 4.44. The van der Waals surface area contributed by atoms with Gasteiger partial charge in [0.2, 0.25) is 0 Å². The first kappa shape index (κ1) is 13.8. The first-order valence-corrected chi connectivity index (χ1v) is 9.31. The van der Waals surface area contributed by atoms with E-state index in [1.165, 1.54) is 11.1 Å². The summed E-state index contributed by atoms with van der Waals surface area (Å²) >= 11 is 0. The van der Waals surface area contributed by atoms with Gasteiger partial charge in [-0.1, -0.05) is 55.8 Å². The Balaban J connectivity index is 2.06. The third-order valence-corrected chi connectivity index (χ3v) is 5.93. The number of fused-ring (bicyclic) bond motifs is 1. The van der Waals surface area contributed by atoms with Crippen molar-refractivity contribution in [3.8, 4) is 0 Å². The minimum Gasteiger partial charge on any atom is -0.0804 e. The van der Waals surface area contributed by atoms with Gasteiger partial charge in [-0.3, -0.25) is 0 Å². The molecule has 0 saturated carbocycles. The first-order valence-electron chi connectivity index (χ1n) is 7.26. The third kappa shape index (κ3) is 2.09. The zero-order valence-electron chi connectivity index (χ0n) is 12.8. The van der Waals surface area contributed by atoms with Gasteiger partial charge in [-0.25, -0.2) is 0 Å². The molecule has 0 saturated heterocycles. The molecule has 2 aliphatic rings. The highest BCUT2D eigenvalue weighted by atomic mass is 32.2. The van der Waals surface area contributed by atoms with Crippen LogP contribution in [0.1, 0.15) is 37.3 Å². The lowest BCUT2D eigenvalue weighted by molar-refractivity contribution is 0.395. The van der Waals surface area contributed by atoms with Crippen LogP contribution >= 0.6 is 0 Å². The van der Waals surface area contributed by atoms with E-state index in [0.29, 0.717) is 16.8 Å². The lowest BCUT2D eigenvalue weighted by Gasteiger charge is -2.33. The highest BCUT2D eigenvalue weighted by Crippen LogP contribution is 2.51. The van der Waals surface area contributed by atoms with Crippen molar-refractivity contribution in [3.05, 3.63) is 65.3 Å². The predicted molar refractivity (Wildman–Crippen MR) is 92.0 cm³/mol. The monoisotopic (exact) mass is 283 g/mol. The fraction of sp³-hybridized carbons (Fsp3) is 0.368. The molecule has 20 heavy (non-hydrogen) atoms. The van der Waals surface area contributed by atoms with E-state index in [-0.39, 0.29) is 5.41 Å². The first-order chi connectivity index (χ1) is 9.51. The van der Waals surface area contributed by atoms with Crippen LogP contribution in [0.25, 0.3) is 4.91 Å². The summed E-state index contributed by atoms with van der Waals surface area (Å²) < 4.78 is 0. The van der Waals surface area contributed by atoms with Gasteiger partial charge in [0.1, 0.15) is 12.5 Å². The molecule has 0 aromatic heterocycles. The van der Waals surface area contributed by atoms with E-state index in [4.69, 9.17) is 0 Å². The Labute approximate surface area is 125 Å². The Kier molecular flexibility index (Phi) is 3.41. The van der Waals surface area contributed by atoms with Gasteiger partial charge in [0.25, 0.3) is 0 Å². The highest BCUT2D eigenvalue weighted by molar-refractivity contribution is 8.04. The maximum absolute atomic E-state index is 2.53. The molecule has 3 rings (SSSR count). The number of hydrogen-bond donors (Lipinski definition) is 0. The van der Waals surface area contributed by atoms with Crippen LogP contribution in [0.2, 0.25) is 0 Å². The van der Waals surface area contributed by atoms with E-state index in [0.717, 1.165) is 6.42 Å². The van der Waals surface area contributed by atoms with Crippen LogP contribution in [0.15, 0.2) is 54.1 Å². The molecule has 0 spiro atoms. The summed E-state index contributed by atoms with van der Waals surface area (Å²) in [5.74, 6) is 0.509. The second-order valence-corrected chi connectivity index (χ2v) is 8.53. The van der Waals surface area contributed by atoms with E-state index >= 15 is 0 Å². The van der Waals surface area contributed by atoms with Gasteiger partial charge in [0.15, 0.2) is 4.91 Å². The molecule has 0 nitrogen and oxygen atoms in total. The fourth-order valence-electron chi connectivity index (χ4n) is 3.40. The second-order valence-electron chi connectivity index (χ2n) is 6.46. The van der Waals surface area contributed by atoms with Crippen molar-refractivity contribution in [1.29, 1.82) is 0 Å². The van der Waals surface area contributed by atoms with Gasteiger partial charge in [-0.05, 0) is 29.5 Å². The largest absolute Gasteiger partial charge is 0.158 e. The van der Waals surface area contributed by atoms with Crippen molar-refractivity contribution >= 4 is 15.8 Å². The zero-order chi connectivity index (χ0) is 14.3. The Hall–Kier alpha value is -1.21. The summed E-state index contributed by atoms with van der Waals surface area (Å²) in [6, 6.07) is 8.97. The van der Waals surface area contributed by atoms with Gasteiger partial charge in [0.05, 0.1) is 0 Å². The lowest BCUT2D eigenvalue weighted by Crippen LogP contribution is -2.22. The van der Waals surface area contributed by atoms with E-state index in [2.05, 4.69) is 74.9 Å². The Morgan fingerprint density at radius 2 is 1.90 bits per heavy atom. The molecule has 0 aliphatic heterocycles. The molecule has 104 valence electrons. The molecule has 0 N–H and O–H groups in total. The molecule has 1 heteroatoms. The van der Waals surface area contributed by atoms with Crippen LogP contribution in [0.5, 0.6) is 0 Å². The Morgan fingerprint density at radius 1 is 1.15 bits per heavy atom. The average Bonchev–Trinajstić information content (AvgIpc) is 3.07. The molecule has 0 bridgehead atoms. The summed E-state index contributed by atoms with van der Waals surface area (Å²) in [4.78, 5) is 1.55.